The summed E-state index contributed by atoms with van der Waals surface area (Å²) in [6, 6.07) is 0.136. The van der Waals surface area contributed by atoms with Crippen molar-refractivity contribution in [2.24, 2.45) is 11.7 Å². The molecule has 3 nitrogen and oxygen atoms in total. The topological polar surface area (TPSA) is 46.3 Å². The summed E-state index contributed by atoms with van der Waals surface area (Å²) in [6.45, 7) is -0.263. The van der Waals surface area contributed by atoms with Crippen molar-refractivity contribution in [2.45, 2.75) is 50.7 Å². The molecular weight excluding hydrogens is 245 g/mol. The molecule has 0 aliphatic heterocycles. The second kappa shape index (κ2) is 6.41. The Balaban J connectivity index is 2.30. The van der Waals surface area contributed by atoms with E-state index in [1.165, 1.54) is 11.9 Å². The first-order chi connectivity index (χ1) is 8.28. The molecule has 1 aliphatic carbocycles. The lowest BCUT2D eigenvalue weighted by atomic mass is 9.84. The highest BCUT2D eigenvalue weighted by Crippen LogP contribution is 2.26. The van der Waals surface area contributed by atoms with Gasteiger partial charge in [0.1, 0.15) is 0 Å². The molecule has 1 aliphatic rings. The average Bonchev–Trinajstić information content (AvgIpc) is 2.24. The zero-order valence-corrected chi connectivity index (χ0v) is 10.7. The summed E-state index contributed by atoms with van der Waals surface area (Å²) in [5.74, 6) is 0.0212. The van der Waals surface area contributed by atoms with E-state index in [0.717, 1.165) is 25.7 Å². The van der Waals surface area contributed by atoms with Crippen molar-refractivity contribution in [3.8, 4) is 0 Å². The number of halogens is 3. The zero-order chi connectivity index (χ0) is 13.8. The lowest BCUT2D eigenvalue weighted by molar-refractivity contribution is -0.144. The second-order valence-electron chi connectivity index (χ2n) is 5.18. The molecule has 0 saturated heterocycles. The van der Waals surface area contributed by atoms with Crippen LogP contribution in [0.25, 0.3) is 0 Å². The highest BCUT2D eigenvalue weighted by molar-refractivity contribution is 5.76. The predicted octanol–water partition coefficient (Wildman–Crippen LogP) is 2.30. The summed E-state index contributed by atoms with van der Waals surface area (Å²) in [6.07, 6.45) is -1.09. The first kappa shape index (κ1) is 15.3. The summed E-state index contributed by atoms with van der Waals surface area (Å²) in [4.78, 5) is 12.9. The maximum Gasteiger partial charge on any atom is 0.390 e. The van der Waals surface area contributed by atoms with Gasteiger partial charge in [-0.2, -0.15) is 13.2 Å². The Kier molecular flexibility index (Phi) is 5.44. The lowest BCUT2D eigenvalue weighted by Gasteiger charge is -2.28. The molecule has 0 aromatic rings. The van der Waals surface area contributed by atoms with E-state index >= 15 is 0 Å². The van der Waals surface area contributed by atoms with E-state index in [-0.39, 0.29) is 24.4 Å². The number of nitrogens with zero attached hydrogens (tertiary/aromatic N) is 1. The van der Waals surface area contributed by atoms with Gasteiger partial charge in [0.2, 0.25) is 5.91 Å². The first-order valence-electron chi connectivity index (χ1n) is 6.34. The highest BCUT2D eigenvalue weighted by Gasteiger charge is 2.29. The Labute approximate surface area is 106 Å². The molecule has 0 aromatic carbocycles. The normalized spacial score (nSPS) is 24.9. The number of rotatable bonds is 4. The van der Waals surface area contributed by atoms with Crippen LogP contribution >= 0.6 is 0 Å². The van der Waals surface area contributed by atoms with Crippen molar-refractivity contribution >= 4 is 5.91 Å². The van der Waals surface area contributed by atoms with Crippen molar-refractivity contribution in [1.29, 1.82) is 0 Å². The standard InChI is InChI=1S/C12H21F3N2O/c1-17(6-5-12(13,14)15)11(18)8-9-3-2-4-10(16)7-9/h9-10H,2-8,16H2,1H3. The van der Waals surface area contributed by atoms with Gasteiger partial charge in [-0.25, -0.2) is 0 Å². The average molecular weight is 266 g/mol. The van der Waals surface area contributed by atoms with Gasteiger partial charge in [0.05, 0.1) is 6.42 Å². The van der Waals surface area contributed by atoms with Crippen LogP contribution in [0.4, 0.5) is 13.2 Å². The molecule has 0 bridgehead atoms. The second-order valence-corrected chi connectivity index (χ2v) is 5.18. The molecule has 1 amide bonds. The predicted molar refractivity (Wildman–Crippen MR) is 62.9 cm³/mol. The number of hydrogen-bond acceptors (Lipinski definition) is 2. The third-order valence-electron chi connectivity index (χ3n) is 3.44. The Hall–Kier alpha value is -0.780. The van der Waals surface area contributed by atoms with Gasteiger partial charge in [-0.05, 0) is 25.2 Å². The highest BCUT2D eigenvalue weighted by atomic mass is 19.4. The molecule has 0 spiro atoms. The Bertz CT molecular complexity index is 281. The number of carbonyl (C=O) groups excluding carboxylic acids is 1. The van der Waals surface area contributed by atoms with Crippen LogP contribution in [0.1, 0.15) is 38.5 Å². The molecule has 0 radical (unpaired) electrons. The van der Waals surface area contributed by atoms with Crippen molar-refractivity contribution in [3.05, 3.63) is 0 Å². The molecule has 6 heteroatoms. The fourth-order valence-corrected chi connectivity index (χ4v) is 2.34. The minimum Gasteiger partial charge on any atom is -0.345 e. The fourth-order valence-electron chi connectivity index (χ4n) is 2.34. The molecule has 1 fully saturated rings. The van der Waals surface area contributed by atoms with E-state index in [4.69, 9.17) is 5.73 Å². The van der Waals surface area contributed by atoms with Gasteiger partial charge < -0.3 is 10.6 Å². The van der Waals surface area contributed by atoms with E-state index in [9.17, 15) is 18.0 Å². The molecule has 1 rings (SSSR count). The number of carbonyl (C=O) groups is 1. The van der Waals surface area contributed by atoms with Crippen LogP contribution in [0.2, 0.25) is 0 Å². The van der Waals surface area contributed by atoms with Gasteiger partial charge in [-0.1, -0.05) is 6.42 Å². The van der Waals surface area contributed by atoms with Gasteiger partial charge in [0.25, 0.3) is 0 Å². The molecule has 0 heterocycles. The minimum atomic E-state index is -4.21. The summed E-state index contributed by atoms with van der Waals surface area (Å²) in [5.41, 5.74) is 5.82. The van der Waals surface area contributed by atoms with Gasteiger partial charge >= 0.3 is 6.18 Å². The third-order valence-corrected chi connectivity index (χ3v) is 3.44. The van der Waals surface area contributed by atoms with Crippen molar-refractivity contribution in [3.63, 3.8) is 0 Å². The Morgan fingerprint density at radius 3 is 2.61 bits per heavy atom. The fraction of sp³-hybridized carbons (Fsp3) is 0.917. The lowest BCUT2D eigenvalue weighted by Crippen LogP contribution is -2.34. The summed E-state index contributed by atoms with van der Waals surface area (Å²) in [7, 11) is 1.43. The number of nitrogens with two attached hydrogens (primary N) is 1. The largest absolute Gasteiger partial charge is 0.390 e. The van der Waals surface area contributed by atoms with Gasteiger partial charge in [-0.15, -0.1) is 0 Å². The van der Waals surface area contributed by atoms with Crippen LogP contribution < -0.4 is 5.73 Å². The van der Waals surface area contributed by atoms with Gasteiger partial charge in [0.15, 0.2) is 0 Å². The smallest absolute Gasteiger partial charge is 0.345 e. The number of hydrogen-bond donors (Lipinski definition) is 1. The monoisotopic (exact) mass is 266 g/mol. The van der Waals surface area contributed by atoms with Crippen LogP contribution in [0.3, 0.4) is 0 Å². The summed E-state index contributed by atoms with van der Waals surface area (Å²) < 4.78 is 36.1. The molecule has 106 valence electrons. The SMILES string of the molecule is CN(CCC(F)(F)F)C(=O)CC1CCCC(N)C1. The van der Waals surface area contributed by atoms with E-state index in [1.54, 1.807) is 0 Å². The minimum absolute atomic E-state index is 0.136. The Morgan fingerprint density at radius 1 is 1.39 bits per heavy atom. The maximum atomic E-state index is 12.0. The van der Waals surface area contributed by atoms with Crippen LogP contribution in [0.15, 0.2) is 0 Å². The molecule has 18 heavy (non-hydrogen) atoms. The first-order valence-corrected chi connectivity index (χ1v) is 6.34. The van der Waals surface area contributed by atoms with Crippen LogP contribution in [0.5, 0.6) is 0 Å². The van der Waals surface area contributed by atoms with Crippen LogP contribution in [0, 0.1) is 5.92 Å². The molecule has 0 aromatic heterocycles. The van der Waals surface area contributed by atoms with Gasteiger partial charge in [0, 0.05) is 26.1 Å². The van der Waals surface area contributed by atoms with E-state index in [1.807, 2.05) is 0 Å². The summed E-state index contributed by atoms with van der Waals surface area (Å²) in [5, 5.41) is 0. The van der Waals surface area contributed by atoms with Crippen molar-refractivity contribution < 1.29 is 18.0 Å². The molecule has 2 atom stereocenters. The van der Waals surface area contributed by atoms with E-state index in [0.29, 0.717) is 6.42 Å². The van der Waals surface area contributed by atoms with E-state index < -0.39 is 12.6 Å². The van der Waals surface area contributed by atoms with Crippen LogP contribution in [-0.2, 0) is 4.79 Å². The number of alkyl halides is 3. The van der Waals surface area contributed by atoms with Gasteiger partial charge in [-0.3, -0.25) is 4.79 Å². The zero-order valence-electron chi connectivity index (χ0n) is 10.7. The van der Waals surface area contributed by atoms with Crippen LogP contribution in [-0.4, -0.2) is 36.6 Å². The summed E-state index contributed by atoms with van der Waals surface area (Å²) >= 11 is 0. The maximum absolute atomic E-state index is 12.0. The molecule has 1 saturated carbocycles. The Morgan fingerprint density at radius 2 is 2.06 bits per heavy atom. The third kappa shape index (κ3) is 5.71. The van der Waals surface area contributed by atoms with E-state index in [2.05, 4.69) is 0 Å². The molecule has 2 unspecified atom stereocenters. The van der Waals surface area contributed by atoms with Crippen molar-refractivity contribution in [1.82, 2.24) is 4.90 Å². The number of amides is 1. The molecule has 2 N–H and O–H groups in total. The molecular formula is C12H21F3N2O. The quantitative estimate of drug-likeness (QED) is 0.848. The van der Waals surface area contributed by atoms with Crippen molar-refractivity contribution in [2.75, 3.05) is 13.6 Å².